The molecule has 6 nitrogen and oxygen atoms in total. The fourth-order valence-electron chi connectivity index (χ4n) is 1.91. The first-order valence-electron chi connectivity index (χ1n) is 5.53. The number of amides is 1. The molecule has 1 aliphatic rings. The Bertz CT molecular complexity index is 229. The predicted octanol–water partition coefficient (Wildman–Crippen LogP) is -2.10. The molecular formula is C10H20N2O4. The number of nitrogens with zero attached hydrogens (tertiary/aromatic N) is 1. The van der Waals surface area contributed by atoms with Crippen LogP contribution in [-0.2, 0) is 4.79 Å². The van der Waals surface area contributed by atoms with Gasteiger partial charge in [0.15, 0.2) is 0 Å². The molecule has 0 radical (unpaired) electrons. The van der Waals surface area contributed by atoms with E-state index in [4.69, 9.17) is 10.8 Å². The number of carbonyl (C=O) groups is 1. The highest BCUT2D eigenvalue weighted by atomic mass is 16.4. The van der Waals surface area contributed by atoms with Crippen LogP contribution in [0.4, 0.5) is 0 Å². The van der Waals surface area contributed by atoms with Gasteiger partial charge in [-0.2, -0.15) is 0 Å². The van der Waals surface area contributed by atoms with Gasteiger partial charge >= 0.3 is 0 Å². The highest BCUT2D eigenvalue weighted by molar-refractivity contribution is 5.76. The molecule has 2 atom stereocenters. The van der Waals surface area contributed by atoms with Gasteiger partial charge < -0.3 is 26.0 Å². The van der Waals surface area contributed by atoms with Crippen molar-refractivity contribution in [2.24, 2.45) is 11.7 Å². The number of piperidine rings is 1. The van der Waals surface area contributed by atoms with Gasteiger partial charge in [-0.05, 0) is 25.9 Å². The second-order valence-electron chi connectivity index (χ2n) is 4.29. The Morgan fingerprint density at radius 3 is 2.31 bits per heavy atom. The van der Waals surface area contributed by atoms with E-state index >= 15 is 0 Å². The van der Waals surface area contributed by atoms with Crippen molar-refractivity contribution < 1.29 is 20.1 Å². The number of rotatable bonds is 5. The third kappa shape index (κ3) is 3.71. The van der Waals surface area contributed by atoms with Gasteiger partial charge in [0.05, 0.1) is 12.7 Å². The lowest BCUT2D eigenvalue weighted by Gasteiger charge is -2.32. The molecule has 0 aliphatic carbocycles. The van der Waals surface area contributed by atoms with Gasteiger partial charge in [0.1, 0.15) is 6.10 Å². The lowest BCUT2D eigenvalue weighted by Crippen LogP contribution is -2.45. The molecule has 1 rings (SSSR count). The number of primary amides is 1. The summed E-state index contributed by atoms with van der Waals surface area (Å²) in [6.45, 7) is 1.23. The average molecular weight is 232 g/mol. The van der Waals surface area contributed by atoms with E-state index in [1.54, 1.807) is 0 Å². The van der Waals surface area contributed by atoms with Crippen LogP contribution in [-0.4, -0.2) is 64.6 Å². The fraction of sp³-hybridized carbons (Fsp3) is 0.900. The molecule has 0 saturated carbocycles. The van der Waals surface area contributed by atoms with Crippen LogP contribution in [0.25, 0.3) is 0 Å². The molecule has 0 spiro atoms. The maximum atomic E-state index is 10.9. The quantitative estimate of drug-likeness (QED) is 0.434. The molecule has 1 saturated heterocycles. The minimum absolute atomic E-state index is 0.0730. The lowest BCUT2D eigenvalue weighted by atomic mass is 9.96. The molecule has 1 fully saturated rings. The number of hydrogen-bond donors (Lipinski definition) is 4. The monoisotopic (exact) mass is 232 g/mol. The third-order valence-electron chi connectivity index (χ3n) is 3.07. The number of aliphatic hydroxyl groups is 3. The maximum Gasteiger partial charge on any atom is 0.220 e. The number of carbonyl (C=O) groups excluding carboxylic acids is 1. The molecule has 0 aromatic rings. The summed E-state index contributed by atoms with van der Waals surface area (Å²) in [6.07, 6.45) is -0.668. The largest absolute Gasteiger partial charge is 0.394 e. The molecule has 1 amide bonds. The van der Waals surface area contributed by atoms with E-state index in [0.29, 0.717) is 32.5 Å². The minimum atomic E-state index is -1.10. The molecule has 0 aromatic carbocycles. The Kier molecular flexibility index (Phi) is 5.14. The molecule has 6 heteroatoms. The summed E-state index contributed by atoms with van der Waals surface area (Å²) in [5.74, 6) is -0.341. The number of likely N-dealkylation sites (tertiary alicyclic amines) is 1. The molecule has 1 aliphatic heterocycles. The zero-order valence-electron chi connectivity index (χ0n) is 9.25. The van der Waals surface area contributed by atoms with Crippen molar-refractivity contribution in [1.82, 2.24) is 4.90 Å². The van der Waals surface area contributed by atoms with Crippen LogP contribution in [0.3, 0.4) is 0 Å². The van der Waals surface area contributed by atoms with Crippen LogP contribution < -0.4 is 5.73 Å². The highest BCUT2D eigenvalue weighted by Gasteiger charge is 2.25. The van der Waals surface area contributed by atoms with E-state index in [1.807, 2.05) is 4.90 Å². The van der Waals surface area contributed by atoms with Gasteiger partial charge in [-0.25, -0.2) is 0 Å². The second kappa shape index (κ2) is 6.15. The van der Waals surface area contributed by atoms with Crippen LogP contribution >= 0.6 is 0 Å². The maximum absolute atomic E-state index is 10.9. The molecule has 5 N–H and O–H groups in total. The Morgan fingerprint density at radius 2 is 1.88 bits per heavy atom. The second-order valence-corrected chi connectivity index (χ2v) is 4.29. The summed E-state index contributed by atoms with van der Waals surface area (Å²) < 4.78 is 0. The van der Waals surface area contributed by atoms with Crippen molar-refractivity contribution in [2.75, 3.05) is 26.2 Å². The van der Waals surface area contributed by atoms with Crippen molar-refractivity contribution in [3.63, 3.8) is 0 Å². The summed E-state index contributed by atoms with van der Waals surface area (Å²) in [6, 6.07) is 0. The third-order valence-corrected chi connectivity index (χ3v) is 3.07. The van der Waals surface area contributed by atoms with Crippen LogP contribution in [0.1, 0.15) is 12.8 Å². The Hall–Kier alpha value is -0.690. The van der Waals surface area contributed by atoms with Gasteiger partial charge in [0.2, 0.25) is 5.91 Å². The zero-order valence-corrected chi connectivity index (χ0v) is 9.25. The Labute approximate surface area is 94.7 Å². The average Bonchev–Trinajstić information content (AvgIpc) is 2.28. The van der Waals surface area contributed by atoms with Gasteiger partial charge in [-0.3, -0.25) is 4.79 Å². The number of hydrogen-bond acceptors (Lipinski definition) is 5. The molecule has 1 heterocycles. The Balaban J connectivity index is 2.29. The first-order chi connectivity index (χ1) is 7.54. The molecular weight excluding hydrogens is 212 g/mol. The van der Waals surface area contributed by atoms with Gasteiger partial charge in [0, 0.05) is 12.5 Å². The zero-order chi connectivity index (χ0) is 12.1. The lowest BCUT2D eigenvalue weighted by molar-refractivity contribution is -0.123. The minimum Gasteiger partial charge on any atom is -0.394 e. The number of β-amino-alcohol motifs (C(OH)–C–C–N with tert-alkyl or cyclic N) is 1. The molecule has 2 unspecified atom stereocenters. The predicted molar refractivity (Wildman–Crippen MR) is 57.5 cm³/mol. The number of nitrogens with two attached hydrogens (primary N) is 1. The molecule has 94 valence electrons. The standard InChI is InChI=1S/C10H20N2O4/c11-10(16)7-1-3-12(4-2-7)5-8(14)9(15)6-13/h7-9,13-15H,1-6H2,(H2,11,16). The number of aliphatic hydroxyl groups excluding tert-OH is 3. The summed E-state index contributed by atoms with van der Waals surface area (Å²) in [7, 11) is 0. The summed E-state index contributed by atoms with van der Waals surface area (Å²) in [5, 5.41) is 27.4. The van der Waals surface area contributed by atoms with Crippen molar-refractivity contribution in [3.05, 3.63) is 0 Å². The van der Waals surface area contributed by atoms with Gasteiger partial charge in [0.25, 0.3) is 0 Å². The van der Waals surface area contributed by atoms with Crippen molar-refractivity contribution in [2.45, 2.75) is 25.0 Å². The topological polar surface area (TPSA) is 107 Å². The fourth-order valence-corrected chi connectivity index (χ4v) is 1.91. The smallest absolute Gasteiger partial charge is 0.220 e. The molecule has 0 aromatic heterocycles. The SMILES string of the molecule is NC(=O)C1CCN(CC(O)C(O)CO)CC1. The van der Waals surface area contributed by atoms with E-state index in [-0.39, 0.29) is 11.8 Å². The Morgan fingerprint density at radius 1 is 1.31 bits per heavy atom. The van der Waals surface area contributed by atoms with Crippen molar-refractivity contribution in [1.29, 1.82) is 0 Å². The van der Waals surface area contributed by atoms with Crippen LogP contribution in [0.15, 0.2) is 0 Å². The normalized spacial score (nSPS) is 22.9. The highest BCUT2D eigenvalue weighted by Crippen LogP contribution is 2.16. The molecule has 16 heavy (non-hydrogen) atoms. The summed E-state index contributed by atoms with van der Waals surface area (Å²) in [4.78, 5) is 12.9. The molecule has 0 bridgehead atoms. The summed E-state index contributed by atoms with van der Waals surface area (Å²) >= 11 is 0. The summed E-state index contributed by atoms with van der Waals surface area (Å²) in [5.41, 5.74) is 5.20. The first-order valence-corrected chi connectivity index (χ1v) is 5.53. The van der Waals surface area contributed by atoms with E-state index in [0.717, 1.165) is 0 Å². The van der Waals surface area contributed by atoms with Crippen LogP contribution in [0.2, 0.25) is 0 Å². The first kappa shape index (κ1) is 13.4. The van der Waals surface area contributed by atoms with Crippen LogP contribution in [0, 0.1) is 5.92 Å². The van der Waals surface area contributed by atoms with Crippen molar-refractivity contribution >= 4 is 5.91 Å². The van der Waals surface area contributed by atoms with E-state index in [9.17, 15) is 15.0 Å². The van der Waals surface area contributed by atoms with E-state index in [1.165, 1.54) is 0 Å². The van der Waals surface area contributed by atoms with Gasteiger partial charge in [-0.15, -0.1) is 0 Å². The van der Waals surface area contributed by atoms with E-state index < -0.39 is 18.8 Å². The van der Waals surface area contributed by atoms with E-state index in [2.05, 4.69) is 0 Å². The van der Waals surface area contributed by atoms with Gasteiger partial charge in [-0.1, -0.05) is 0 Å². The van der Waals surface area contributed by atoms with Crippen LogP contribution in [0.5, 0.6) is 0 Å². The van der Waals surface area contributed by atoms with Crippen molar-refractivity contribution in [3.8, 4) is 0 Å².